The van der Waals surface area contributed by atoms with Crippen LogP contribution in [0.1, 0.15) is 43.1 Å². The van der Waals surface area contributed by atoms with Crippen molar-refractivity contribution in [3.8, 4) is 0 Å². The Morgan fingerprint density at radius 2 is 1.86 bits per heavy atom. The molecule has 0 atom stereocenters. The highest BCUT2D eigenvalue weighted by molar-refractivity contribution is 5.86. The van der Waals surface area contributed by atoms with Crippen molar-refractivity contribution in [3.05, 3.63) is 30.0 Å². The monoisotopic (exact) mass is 283 g/mol. The van der Waals surface area contributed by atoms with E-state index in [9.17, 15) is 4.79 Å². The fourth-order valence-corrected chi connectivity index (χ4v) is 3.19. The molecule has 0 amide bonds. The molecule has 21 heavy (non-hydrogen) atoms. The van der Waals surface area contributed by atoms with Crippen LogP contribution in [0.2, 0.25) is 0 Å². The number of aromatic nitrogens is 2. The third kappa shape index (κ3) is 2.89. The number of carbonyl (C=O) groups excluding carboxylic acids is 1. The first-order valence-electron chi connectivity index (χ1n) is 7.78. The van der Waals surface area contributed by atoms with Gasteiger partial charge >= 0.3 is 0 Å². The van der Waals surface area contributed by atoms with Gasteiger partial charge in [-0.05, 0) is 37.8 Å². The highest BCUT2D eigenvalue weighted by Crippen LogP contribution is 2.28. The minimum atomic E-state index is 0.452. The molecule has 4 nitrogen and oxygen atoms in total. The molecule has 0 saturated heterocycles. The van der Waals surface area contributed by atoms with Crippen LogP contribution < -0.4 is 4.90 Å². The standard InChI is InChI=1S/C17H21N3O/c1-2-20(11-13-7-3-4-8-13)17-16(12-21)18-14-9-5-6-10-15(14)19-17/h5-6,9-10,12-13H,2-4,7-8,11H2,1H3. The molecule has 0 radical (unpaired) electrons. The van der Waals surface area contributed by atoms with Gasteiger partial charge in [-0.25, -0.2) is 9.97 Å². The van der Waals surface area contributed by atoms with Crippen LogP contribution in [-0.2, 0) is 0 Å². The number of carbonyl (C=O) groups is 1. The van der Waals surface area contributed by atoms with Gasteiger partial charge in [0.15, 0.2) is 12.1 Å². The lowest BCUT2D eigenvalue weighted by molar-refractivity contribution is 0.111. The van der Waals surface area contributed by atoms with Crippen LogP contribution in [0.15, 0.2) is 24.3 Å². The van der Waals surface area contributed by atoms with Crippen molar-refractivity contribution in [1.29, 1.82) is 0 Å². The van der Waals surface area contributed by atoms with Crippen molar-refractivity contribution >= 4 is 23.1 Å². The molecule has 1 saturated carbocycles. The van der Waals surface area contributed by atoms with Crippen LogP contribution in [0.25, 0.3) is 11.0 Å². The maximum absolute atomic E-state index is 11.4. The van der Waals surface area contributed by atoms with E-state index in [-0.39, 0.29) is 0 Å². The van der Waals surface area contributed by atoms with Gasteiger partial charge in [0.1, 0.15) is 5.69 Å². The molecule has 1 aliphatic carbocycles. The Kier molecular flexibility index (Phi) is 4.13. The van der Waals surface area contributed by atoms with Crippen molar-refractivity contribution in [2.24, 2.45) is 5.92 Å². The van der Waals surface area contributed by atoms with Crippen molar-refractivity contribution < 1.29 is 4.79 Å². The largest absolute Gasteiger partial charge is 0.355 e. The summed E-state index contributed by atoms with van der Waals surface area (Å²) < 4.78 is 0. The molecule has 1 aromatic carbocycles. The zero-order chi connectivity index (χ0) is 14.7. The molecule has 3 rings (SSSR count). The molecule has 0 unspecified atom stereocenters. The second kappa shape index (κ2) is 6.20. The maximum atomic E-state index is 11.4. The summed E-state index contributed by atoms with van der Waals surface area (Å²) in [5.74, 6) is 1.45. The Morgan fingerprint density at radius 3 is 2.48 bits per heavy atom. The third-order valence-corrected chi connectivity index (χ3v) is 4.32. The Balaban J connectivity index is 1.97. The molecule has 110 valence electrons. The lowest BCUT2D eigenvalue weighted by Gasteiger charge is -2.26. The summed E-state index contributed by atoms with van der Waals surface area (Å²) in [6, 6.07) is 7.71. The number of anilines is 1. The minimum absolute atomic E-state index is 0.452. The van der Waals surface area contributed by atoms with E-state index in [1.54, 1.807) is 0 Å². The normalized spacial score (nSPS) is 15.5. The number of hydrogen-bond donors (Lipinski definition) is 0. The summed E-state index contributed by atoms with van der Waals surface area (Å²) in [6.45, 7) is 3.94. The topological polar surface area (TPSA) is 46.1 Å². The Bertz CT molecular complexity index is 635. The van der Waals surface area contributed by atoms with Crippen molar-refractivity contribution in [1.82, 2.24) is 9.97 Å². The van der Waals surface area contributed by atoms with Gasteiger partial charge in [-0.2, -0.15) is 0 Å². The van der Waals surface area contributed by atoms with Gasteiger partial charge in [0.2, 0.25) is 0 Å². The lowest BCUT2D eigenvalue weighted by atomic mass is 10.1. The Labute approximate surface area is 125 Å². The van der Waals surface area contributed by atoms with E-state index in [1.165, 1.54) is 25.7 Å². The quantitative estimate of drug-likeness (QED) is 0.788. The minimum Gasteiger partial charge on any atom is -0.355 e. The first-order chi connectivity index (χ1) is 10.3. The molecule has 2 aromatic rings. The summed E-state index contributed by atoms with van der Waals surface area (Å²) in [5, 5.41) is 0. The van der Waals surface area contributed by atoms with Crippen molar-refractivity contribution in [3.63, 3.8) is 0 Å². The molecule has 1 heterocycles. The molecule has 0 bridgehead atoms. The Morgan fingerprint density at radius 1 is 1.19 bits per heavy atom. The first kappa shape index (κ1) is 14.0. The number of benzene rings is 1. The highest BCUT2D eigenvalue weighted by atomic mass is 16.1. The fraction of sp³-hybridized carbons (Fsp3) is 0.471. The van der Waals surface area contributed by atoms with E-state index in [0.717, 1.165) is 42.1 Å². The maximum Gasteiger partial charge on any atom is 0.172 e. The van der Waals surface area contributed by atoms with Crippen molar-refractivity contribution in [2.45, 2.75) is 32.6 Å². The predicted molar refractivity (Wildman–Crippen MR) is 84.8 cm³/mol. The number of rotatable bonds is 5. The predicted octanol–water partition coefficient (Wildman–Crippen LogP) is 3.46. The average Bonchev–Trinajstić information content (AvgIpc) is 3.04. The van der Waals surface area contributed by atoms with Crippen LogP contribution in [-0.4, -0.2) is 29.3 Å². The Hall–Kier alpha value is -1.97. The molecule has 4 heteroatoms. The van der Waals surface area contributed by atoms with E-state index >= 15 is 0 Å². The highest BCUT2D eigenvalue weighted by Gasteiger charge is 2.21. The SMILES string of the molecule is CCN(CC1CCCC1)c1nc2ccccc2nc1C=O. The lowest BCUT2D eigenvalue weighted by Crippen LogP contribution is -2.30. The second-order valence-electron chi connectivity index (χ2n) is 5.73. The molecule has 0 spiro atoms. The van der Waals surface area contributed by atoms with Gasteiger partial charge in [-0.3, -0.25) is 4.79 Å². The van der Waals surface area contributed by atoms with Crippen LogP contribution in [0.4, 0.5) is 5.82 Å². The van der Waals surface area contributed by atoms with Crippen LogP contribution >= 0.6 is 0 Å². The van der Waals surface area contributed by atoms with Crippen LogP contribution in [0.5, 0.6) is 0 Å². The fourth-order valence-electron chi connectivity index (χ4n) is 3.19. The zero-order valence-corrected chi connectivity index (χ0v) is 12.5. The summed E-state index contributed by atoms with van der Waals surface area (Å²) in [7, 11) is 0. The van der Waals surface area contributed by atoms with E-state index in [4.69, 9.17) is 4.98 Å². The average molecular weight is 283 g/mol. The van der Waals surface area contributed by atoms with E-state index in [0.29, 0.717) is 5.69 Å². The number of fused-ring (bicyclic) bond motifs is 1. The van der Waals surface area contributed by atoms with Crippen LogP contribution in [0.3, 0.4) is 0 Å². The number of nitrogens with zero attached hydrogens (tertiary/aromatic N) is 3. The summed E-state index contributed by atoms with van der Waals surface area (Å²) in [5.41, 5.74) is 2.08. The van der Waals surface area contributed by atoms with Gasteiger partial charge < -0.3 is 4.90 Å². The molecule has 0 N–H and O–H groups in total. The molecular formula is C17H21N3O. The van der Waals surface area contributed by atoms with Gasteiger partial charge in [0.05, 0.1) is 11.0 Å². The summed E-state index contributed by atoms with van der Waals surface area (Å²) in [6.07, 6.45) is 6.05. The third-order valence-electron chi connectivity index (χ3n) is 4.32. The molecule has 1 aliphatic rings. The number of hydrogen-bond acceptors (Lipinski definition) is 4. The summed E-state index contributed by atoms with van der Waals surface area (Å²) in [4.78, 5) is 22.8. The molecular weight excluding hydrogens is 262 g/mol. The molecule has 0 aliphatic heterocycles. The number of para-hydroxylation sites is 2. The second-order valence-corrected chi connectivity index (χ2v) is 5.73. The smallest absolute Gasteiger partial charge is 0.172 e. The summed E-state index contributed by atoms with van der Waals surface area (Å²) >= 11 is 0. The van der Waals surface area contributed by atoms with E-state index in [2.05, 4.69) is 16.8 Å². The zero-order valence-electron chi connectivity index (χ0n) is 12.5. The van der Waals surface area contributed by atoms with E-state index < -0.39 is 0 Å². The van der Waals surface area contributed by atoms with Gasteiger partial charge in [-0.15, -0.1) is 0 Å². The van der Waals surface area contributed by atoms with Gasteiger partial charge in [0, 0.05) is 13.1 Å². The number of aldehydes is 1. The van der Waals surface area contributed by atoms with Gasteiger partial charge in [0.25, 0.3) is 0 Å². The molecule has 1 fully saturated rings. The van der Waals surface area contributed by atoms with E-state index in [1.807, 2.05) is 24.3 Å². The van der Waals surface area contributed by atoms with Gasteiger partial charge in [-0.1, -0.05) is 25.0 Å². The molecule has 1 aromatic heterocycles. The van der Waals surface area contributed by atoms with Crippen LogP contribution in [0, 0.1) is 5.92 Å². The van der Waals surface area contributed by atoms with Crippen molar-refractivity contribution in [2.75, 3.05) is 18.0 Å². The first-order valence-corrected chi connectivity index (χ1v) is 7.78.